The van der Waals surface area contributed by atoms with Gasteiger partial charge in [0.25, 0.3) is 0 Å². The number of benzene rings is 2. The van der Waals surface area contributed by atoms with Crippen LogP contribution < -0.4 is 10.6 Å². The molecule has 13 heteroatoms. The Morgan fingerprint density at radius 3 is 2.52 bits per heavy atom. The molecular weight excluding hydrogens is 581 g/mol. The number of nitriles is 1. The summed E-state index contributed by atoms with van der Waals surface area (Å²) < 4.78 is 36.3. The second-order valence-electron chi connectivity index (χ2n) is 9.88. The van der Waals surface area contributed by atoms with Gasteiger partial charge in [0.2, 0.25) is 0 Å². The van der Waals surface area contributed by atoms with Gasteiger partial charge in [-0.15, -0.1) is 11.8 Å². The molecule has 0 radical (unpaired) electrons. The molecule has 2 heterocycles. The van der Waals surface area contributed by atoms with Gasteiger partial charge in [-0.3, -0.25) is 4.99 Å². The average molecular weight is 608 g/mol. The molecule has 1 aliphatic heterocycles. The Morgan fingerprint density at radius 2 is 1.95 bits per heavy atom. The van der Waals surface area contributed by atoms with E-state index in [1.54, 1.807) is 25.7 Å². The van der Waals surface area contributed by atoms with Crippen LogP contribution in [0.5, 0.6) is 0 Å². The maximum absolute atomic E-state index is 16.3. The normalized spacial score (nSPS) is 13.9. The number of nitrogens with zero attached hydrogens (tertiary/aromatic N) is 5. The largest absolute Gasteiger partial charge is 0.444 e. The highest BCUT2D eigenvalue weighted by Crippen LogP contribution is 2.46. The molecule has 1 amide bonds. The van der Waals surface area contributed by atoms with Crippen molar-refractivity contribution in [3.05, 3.63) is 45.6 Å². The quantitative estimate of drug-likeness (QED) is 0.148. The van der Waals surface area contributed by atoms with Gasteiger partial charge < -0.3 is 20.3 Å². The Labute approximate surface area is 244 Å². The Morgan fingerprint density at radius 1 is 1.27 bits per heavy atom. The number of pyridine rings is 1. The Kier molecular flexibility index (Phi) is 8.75. The van der Waals surface area contributed by atoms with E-state index >= 15 is 4.39 Å². The van der Waals surface area contributed by atoms with Crippen molar-refractivity contribution in [2.75, 3.05) is 37.0 Å². The van der Waals surface area contributed by atoms with Gasteiger partial charge in [-0.05, 0) is 45.7 Å². The van der Waals surface area contributed by atoms with Crippen molar-refractivity contribution >= 4 is 70.1 Å². The van der Waals surface area contributed by atoms with Gasteiger partial charge in [-0.25, -0.2) is 18.6 Å². The molecule has 0 atom stereocenters. The number of halogens is 4. The Hall–Kier alpha value is -3.17. The molecule has 0 aliphatic carbocycles. The number of piperazine rings is 1. The monoisotopic (exact) mass is 606 g/mol. The highest BCUT2D eigenvalue weighted by molar-refractivity contribution is 7.99. The van der Waals surface area contributed by atoms with E-state index in [9.17, 15) is 14.4 Å². The van der Waals surface area contributed by atoms with Crippen LogP contribution in [0.1, 0.15) is 26.3 Å². The second-order valence-corrected chi connectivity index (χ2v) is 11.7. The van der Waals surface area contributed by atoms with Gasteiger partial charge in [-0.1, -0.05) is 23.2 Å². The molecule has 40 heavy (non-hydrogen) atoms. The molecule has 3 aromatic rings. The fraction of sp³-hybridized carbons (Fsp3) is 0.333. The number of carbonyl (C=O) groups is 1. The summed E-state index contributed by atoms with van der Waals surface area (Å²) in [4.78, 5) is 24.2. The lowest BCUT2D eigenvalue weighted by molar-refractivity contribution is 0.0240. The number of fused-ring (bicyclic) bond motifs is 1. The van der Waals surface area contributed by atoms with Gasteiger partial charge in [0, 0.05) is 48.6 Å². The lowest BCUT2D eigenvalue weighted by Gasteiger charge is -2.37. The van der Waals surface area contributed by atoms with Gasteiger partial charge in [0.1, 0.15) is 33.7 Å². The summed E-state index contributed by atoms with van der Waals surface area (Å²) in [6.07, 6.45) is -0.442. The van der Waals surface area contributed by atoms with E-state index < -0.39 is 23.3 Å². The number of hydrogen-bond acceptors (Lipinski definition) is 8. The molecule has 4 rings (SSSR count). The van der Waals surface area contributed by atoms with Crippen molar-refractivity contribution in [3.8, 4) is 17.2 Å². The third-order valence-corrected chi connectivity index (χ3v) is 7.61. The van der Waals surface area contributed by atoms with E-state index in [4.69, 9.17) is 33.7 Å². The number of aromatic nitrogens is 1. The highest BCUT2D eigenvalue weighted by atomic mass is 35.5. The number of ether oxygens (including phenoxy) is 1. The first kappa shape index (κ1) is 29.8. The zero-order chi connectivity index (χ0) is 29.4. The number of thioether (sulfide) groups is 1. The zero-order valence-electron chi connectivity index (χ0n) is 22.0. The van der Waals surface area contributed by atoms with Crippen molar-refractivity contribution in [1.82, 2.24) is 9.88 Å². The molecule has 1 fully saturated rings. The number of carbonyl (C=O) groups excluding carboxylic acids is 1. The van der Waals surface area contributed by atoms with Crippen LogP contribution in [0.15, 0.2) is 28.1 Å². The summed E-state index contributed by atoms with van der Waals surface area (Å²) in [7, 11) is 0. The molecule has 2 N–H and O–H groups in total. The van der Waals surface area contributed by atoms with Crippen molar-refractivity contribution in [2.24, 2.45) is 10.7 Å². The predicted octanol–water partition coefficient (Wildman–Crippen LogP) is 6.76. The fourth-order valence-corrected chi connectivity index (χ4v) is 5.72. The van der Waals surface area contributed by atoms with Gasteiger partial charge in [0.15, 0.2) is 5.82 Å². The molecule has 2 aromatic carbocycles. The number of hydrogen-bond donors (Lipinski definition) is 1. The molecule has 0 unspecified atom stereocenters. The number of amides is 1. The van der Waals surface area contributed by atoms with E-state index in [0.29, 0.717) is 31.9 Å². The molecule has 210 valence electrons. The van der Waals surface area contributed by atoms with Gasteiger partial charge in [0.05, 0.1) is 21.3 Å². The Bertz CT molecular complexity index is 1550. The number of rotatable bonds is 5. The van der Waals surface area contributed by atoms with Crippen LogP contribution in [-0.2, 0) is 4.74 Å². The minimum atomic E-state index is -0.817. The first-order valence-electron chi connectivity index (χ1n) is 12.2. The Balaban J connectivity index is 1.84. The lowest BCUT2D eigenvalue weighted by Crippen LogP contribution is -2.50. The maximum atomic E-state index is 16.3. The minimum absolute atomic E-state index is 0.00754. The molecule has 1 aromatic heterocycles. The van der Waals surface area contributed by atoms with E-state index in [-0.39, 0.29) is 54.2 Å². The minimum Gasteiger partial charge on any atom is -0.444 e. The van der Waals surface area contributed by atoms with Crippen molar-refractivity contribution in [3.63, 3.8) is 0 Å². The summed E-state index contributed by atoms with van der Waals surface area (Å²) in [5.41, 5.74) is 5.48. The molecule has 1 aliphatic rings. The van der Waals surface area contributed by atoms with Crippen LogP contribution in [0, 0.1) is 23.0 Å². The SMILES string of the molecule is C=Nc1c(-c2c(Cl)cc3c(N4CCN(C(=O)OC(C)(C)C)CC4)c(C#N)c(Cl)nc3c2F)ccc(F)c1SCN. The smallest absolute Gasteiger partial charge is 0.410 e. The highest BCUT2D eigenvalue weighted by Gasteiger charge is 2.30. The molecular formula is C27H26Cl2F2N6O2S. The number of aliphatic imine (C=N–C) groups is 1. The topological polar surface area (TPSA) is 108 Å². The summed E-state index contributed by atoms with van der Waals surface area (Å²) in [6.45, 7) is 10.1. The standard InChI is InChI=1S/C27H26Cl2F2N6O2S/c1-27(2,3)39-26(38)37-9-7-36(8-10-37)23-15-11-17(28)19(20(31)21(15)35-25(29)16(23)12-32)14-5-6-18(30)24(40-13-33)22(14)34-4/h5-6,11H,4,7-10,13,33H2,1-3H3. The van der Waals surface area contributed by atoms with Crippen LogP contribution in [0.3, 0.4) is 0 Å². The van der Waals surface area contributed by atoms with Crippen molar-refractivity contribution in [2.45, 2.75) is 31.3 Å². The third kappa shape index (κ3) is 5.67. The van der Waals surface area contributed by atoms with Crippen LogP contribution in [0.25, 0.3) is 22.0 Å². The number of nitrogens with two attached hydrogens (primary N) is 1. The summed E-state index contributed by atoms with van der Waals surface area (Å²) in [5.74, 6) is -1.33. The van der Waals surface area contributed by atoms with Crippen LogP contribution in [0.4, 0.5) is 25.0 Å². The molecule has 0 spiro atoms. The maximum Gasteiger partial charge on any atom is 0.410 e. The summed E-state index contributed by atoms with van der Waals surface area (Å²) >= 11 is 14.0. The van der Waals surface area contributed by atoms with Gasteiger partial charge >= 0.3 is 6.09 Å². The molecule has 0 saturated carbocycles. The summed E-state index contributed by atoms with van der Waals surface area (Å²) in [6, 6.07) is 6.10. The van der Waals surface area contributed by atoms with Crippen LogP contribution >= 0.6 is 35.0 Å². The van der Waals surface area contributed by atoms with Crippen molar-refractivity contribution in [1.29, 1.82) is 5.26 Å². The lowest BCUT2D eigenvalue weighted by atomic mass is 9.98. The molecule has 0 bridgehead atoms. The molecule has 8 nitrogen and oxygen atoms in total. The number of anilines is 1. The molecule has 1 saturated heterocycles. The summed E-state index contributed by atoms with van der Waals surface area (Å²) in [5, 5.41) is 10.00. The third-order valence-electron chi connectivity index (χ3n) is 6.20. The van der Waals surface area contributed by atoms with E-state index in [0.717, 1.165) is 11.8 Å². The van der Waals surface area contributed by atoms with E-state index in [1.807, 2.05) is 4.90 Å². The predicted molar refractivity (Wildman–Crippen MR) is 156 cm³/mol. The van der Waals surface area contributed by atoms with E-state index in [1.165, 1.54) is 18.2 Å². The van der Waals surface area contributed by atoms with Crippen LogP contribution in [-0.4, -0.2) is 60.4 Å². The van der Waals surface area contributed by atoms with Gasteiger partial charge in [-0.2, -0.15) is 5.26 Å². The first-order valence-corrected chi connectivity index (χ1v) is 13.9. The second kappa shape index (κ2) is 11.7. The fourth-order valence-electron chi connectivity index (χ4n) is 4.52. The van der Waals surface area contributed by atoms with E-state index in [2.05, 4.69) is 22.8 Å². The zero-order valence-corrected chi connectivity index (χ0v) is 24.4. The van der Waals surface area contributed by atoms with Crippen molar-refractivity contribution < 1.29 is 18.3 Å². The van der Waals surface area contributed by atoms with Crippen LogP contribution in [0.2, 0.25) is 10.2 Å². The first-order chi connectivity index (χ1) is 18.9. The average Bonchev–Trinajstić information content (AvgIpc) is 2.89.